The molecule has 3 rings (SSSR count). The lowest BCUT2D eigenvalue weighted by Gasteiger charge is -2.26. The number of hydrogen-bond acceptors (Lipinski definition) is 7. The van der Waals surface area contributed by atoms with Crippen LogP contribution >= 0.6 is 0 Å². The Balaban J connectivity index is 1.57. The van der Waals surface area contributed by atoms with E-state index in [1.54, 1.807) is 48.8 Å². The van der Waals surface area contributed by atoms with Gasteiger partial charge in [-0.25, -0.2) is 9.97 Å². The van der Waals surface area contributed by atoms with Crippen LogP contribution in [0.15, 0.2) is 48.8 Å². The molecule has 0 spiro atoms. The Bertz CT molecular complexity index is 634. The molecule has 24 heavy (non-hydrogen) atoms. The van der Waals surface area contributed by atoms with Crippen LogP contribution in [0.5, 0.6) is 11.8 Å². The fraction of sp³-hybridized carbons (Fsp3) is 0.294. The van der Waals surface area contributed by atoms with Gasteiger partial charge in [-0.1, -0.05) is 12.1 Å². The molecule has 1 N–H and O–H groups in total. The van der Waals surface area contributed by atoms with Gasteiger partial charge in [0, 0.05) is 37.6 Å². The average molecular weight is 327 g/mol. The lowest BCUT2D eigenvalue weighted by atomic mass is 9.90. The molecule has 7 heteroatoms. The lowest BCUT2D eigenvalue weighted by molar-refractivity contribution is -0.144. The van der Waals surface area contributed by atoms with Gasteiger partial charge in [-0.2, -0.15) is 0 Å². The molecule has 124 valence electrons. The predicted molar refractivity (Wildman–Crippen MR) is 84.2 cm³/mol. The lowest BCUT2D eigenvalue weighted by Crippen LogP contribution is -2.44. The summed E-state index contributed by atoms with van der Waals surface area (Å²) in [5.74, 6) is -1.17. The van der Waals surface area contributed by atoms with E-state index in [0.29, 0.717) is 19.5 Å². The van der Waals surface area contributed by atoms with Gasteiger partial charge >= 0.3 is 11.9 Å². The van der Waals surface area contributed by atoms with E-state index < -0.39 is 23.8 Å². The molecule has 7 nitrogen and oxygen atoms in total. The van der Waals surface area contributed by atoms with E-state index in [4.69, 9.17) is 9.47 Å². The molecule has 1 saturated heterocycles. The van der Waals surface area contributed by atoms with Crippen LogP contribution in [-0.4, -0.2) is 35.0 Å². The van der Waals surface area contributed by atoms with Gasteiger partial charge in [0.05, 0.1) is 11.8 Å². The van der Waals surface area contributed by atoms with Gasteiger partial charge in [0.2, 0.25) is 11.8 Å². The van der Waals surface area contributed by atoms with Crippen molar-refractivity contribution in [2.45, 2.75) is 6.42 Å². The predicted octanol–water partition coefficient (Wildman–Crippen LogP) is 1.21. The number of carbonyl (C=O) groups excluding carboxylic acids is 2. The molecule has 1 aliphatic heterocycles. The second-order valence-corrected chi connectivity index (χ2v) is 5.47. The topological polar surface area (TPSA) is 90.4 Å². The maximum absolute atomic E-state index is 12.2. The van der Waals surface area contributed by atoms with Crippen LogP contribution in [0.2, 0.25) is 0 Å². The zero-order valence-corrected chi connectivity index (χ0v) is 12.9. The molecule has 0 aliphatic carbocycles. The van der Waals surface area contributed by atoms with Crippen molar-refractivity contribution >= 4 is 11.9 Å². The summed E-state index contributed by atoms with van der Waals surface area (Å²) in [5, 5.41) is 3.08. The minimum absolute atomic E-state index is 0.251. The van der Waals surface area contributed by atoms with E-state index >= 15 is 0 Å². The third kappa shape index (κ3) is 4.14. The Morgan fingerprint density at radius 3 is 1.79 bits per heavy atom. The van der Waals surface area contributed by atoms with Gasteiger partial charge < -0.3 is 14.8 Å². The highest BCUT2D eigenvalue weighted by molar-refractivity contribution is 5.79. The molecule has 3 heterocycles. The summed E-state index contributed by atoms with van der Waals surface area (Å²) in [7, 11) is 0. The van der Waals surface area contributed by atoms with E-state index in [9.17, 15) is 9.59 Å². The Morgan fingerprint density at radius 2 is 1.38 bits per heavy atom. The largest absolute Gasteiger partial charge is 0.407 e. The molecular weight excluding hydrogens is 310 g/mol. The summed E-state index contributed by atoms with van der Waals surface area (Å²) in [6.07, 6.45) is 3.47. The smallest absolute Gasteiger partial charge is 0.316 e. The molecule has 2 aromatic heterocycles. The fourth-order valence-electron chi connectivity index (χ4n) is 2.49. The Morgan fingerprint density at radius 1 is 0.875 bits per heavy atom. The first-order valence-corrected chi connectivity index (χ1v) is 7.68. The summed E-state index contributed by atoms with van der Waals surface area (Å²) >= 11 is 0. The van der Waals surface area contributed by atoms with Crippen molar-refractivity contribution in [1.29, 1.82) is 0 Å². The summed E-state index contributed by atoms with van der Waals surface area (Å²) in [5.41, 5.74) is 0. The SMILES string of the molecule is O=C(Oc1ccccn1)C1CNCC(C(=O)Oc2ccccn2)C1. The monoisotopic (exact) mass is 327 g/mol. The number of aromatic nitrogens is 2. The highest BCUT2D eigenvalue weighted by atomic mass is 16.5. The van der Waals surface area contributed by atoms with Crippen LogP contribution in [0.25, 0.3) is 0 Å². The molecule has 1 fully saturated rings. The number of piperidine rings is 1. The summed E-state index contributed by atoms with van der Waals surface area (Å²) in [6, 6.07) is 10.2. The van der Waals surface area contributed by atoms with Gasteiger partial charge in [-0.15, -0.1) is 0 Å². The number of ether oxygens (including phenoxy) is 2. The third-order valence-corrected chi connectivity index (χ3v) is 3.70. The molecule has 0 saturated carbocycles. The summed E-state index contributed by atoms with van der Waals surface area (Å²) in [6.45, 7) is 0.915. The van der Waals surface area contributed by atoms with E-state index in [2.05, 4.69) is 15.3 Å². The van der Waals surface area contributed by atoms with Gasteiger partial charge in [-0.3, -0.25) is 9.59 Å². The molecular formula is C17H17N3O4. The normalized spacial score (nSPS) is 20.2. The van der Waals surface area contributed by atoms with E-state index in [0.717, 1.165) is 0 Å². The zero-order valence-electron chi connectivity index (χ0n) is 12.9. The minimum Gasteiger partial charge on any atom is -0.407 e. The van der Waals surface area contributed by atoms with Crippen molar-refractivity contribution in [3.63, 3.8) is 0 Å². The van der Waals surface area contributed by atoms with E-state index in [1.165, 1.54) is 0 Å². The number of rotatable bonds is 4. The molecule has 2 unspecified atom stereocenters. The molecule has 0 radical (unpaired) electrons. The molecule has 1 aliphatic rings. The minimum atomic E-state index is -0.429. The summed E-state index contributed by atoms with van der Waals surface area (Å²) in [4.78, 5) is 32.4. The van der Waals surface area contributed by atoms with Gasteiger partial charge in [-0.05, 0) is 18.6 Å². The number of nitrogens with one attached hydrogen (secondary N) is 1. The molecule has 0 aromatic carbocycles. The highest BCUT2D eigenvalue weighted by Crippen LogP contribution is 2.21. The van der Waals surface area contributed by atoms with Crippen LogP contribution in [0.3, 0.4) is 0 Å². The van der Waals surface area contributed by atoms with E-state index in [-0.39, 0.29) is 11.8 Å². The Hall–Kier alpha value is -2.80. The summed E-state index contributed by atoms with van der Waals surface area (Å²) < 4.78 is 10.5. The van der Waals surface area contributed by atoms with Gasteiger partial charge in [0.25, 0.3) is 0 Å². The van der Waals surface area contributed by atoms with Crippen molar-refractivity contribution < 1.29 is 19.1 Å². The molecule has 2 aromatic rings. The second-order valence-electron chi connectivity index (χ2n) is 5.47. The van der Waals surface area contributed by atoms with Crippen molar-refractivity contribution in [3.05, 3.63) is 48.8 Å². The van der Waals surface area contributed by atoms with Crippen molar-refractivity contribution in [3.8, 4) is 11.8 Å². The third-order valence-electron chi connectivity index (χ3n) is 3.70. The van der Waals surface area contributed by atoms with Crippen LogP contribution in [-0.2, 0) is 9.59 Å². The number of esters is 2. The molecule has 2 atom stereocenters. The fourth-order valence-corrected chi connectivity index (χ4v) is 2.49. The highest BCUT2D eigenvalue weighted by Gasteiger charge is 2.33. The number of hydrogen-bond donors (Lipinski definition) is 1. The van der Waals surface area contributed by atoms with Gasteiger partial charge in [0.1, 0.15) is 0 Å². The van der Waals surface area contributed by atoms with Crippen LogP contribution in [0.1, 0.15) is 6.42 Å². The second kappa shape index (κ2) is 7.65. The van der Waals surface area contributed by atoms with E-state index in [1.807, 2.05) is 0 Å². The maximum atomic E-state index is 12.2. The van der Waals surface area contributed by atoms with Crippen molar-refractivity contribution in [1.82, 2.24) is 15.3 Å². The maximum Gasteiger partial charge on any atom is 0.316 e. The first-order valence-electron chi connectivity index (χ1n) is 7.68. The van der Waals surface area contributed by atoms with Crippen LogP contribution in [0.4, 0.5) is 0 Å². The van der Waals surface area contributed by atoms with Gasteiger partial charge in [0.15, 0.2) is 0 Å². The zero-order chi connectivity index (χ0) is 16.8. The molecule has 0 amide bonds. The first kappa shape index (κ1) is 16.1. The Kier molecular flexibility index (Phi) is 5.12. The number of nitrogens with zero attached hydrogens (tertiary/aromatic N) is 2. The van der Waals surface area contributed by atoms with Crippen LogP contribution < -0.4 is 14.8 Å². The van der Waals surface area contributed by atoms with Crippen molar-refractivity contribution in [2.24, 2.45) is 11.8 Å². The van der Waals surface area contributed by atoms with Crippen molar-refractivity contribution in [2.75, 3.05) is 13.1 Å². The average Bonchev–Trinajstić information content (AvgIpc) is 2.63. The standard InChI is InChI=1S/C17H17N3O4/c21-16(23-14-5-1-3-7-19-14)12-9-13(11-18-10-12)17(22)24-15-6-2-4-8-20-15/h1-8,12-13,18H,9-11H2. The quantitative estimate of drug-likeness (QED) is 0.844. The first-order chi connectivity index (χ1) is 11.7. The van der Waals surface area contributed by atoms with Crippen LogP contribution in [0, 0.1) is 11.8 Å². The Labute approximate surface area is 139 Å². The number of carbonyl (C=O) groups is 2. The molecule has 0 bridgehead atoms. The number of pyridine rings is 2.